The molecule has 2 aliphatic carbocycles. The van der Waals surface area contributed by atoms with Crippen LogP contribution in [0.25, 0.3) is 0 Å². The van der Waals surface area contributed by atoms with E-state index in [0.29, 0.717) is 29.8 Å². The predicted octanol–water partition coefficient (Wildman–Crippen LogP) is 3.29. The summed E-state index contributed by atoms with van der Waals surface area (Å²) in [6.07, 6.45) is 10.1. The number of aliphatic hydroxyl groups is 1. The van der Waals surface area contributed by atoms with Crippen LogP contribution in [-0.2, 0) is 4.74 Å². The number of fused-ring (bicyclic) bond motifs is 3. The van der Waals surface area contributed by atoms with Crippen molar-refractivity contribution in [3.05, 3.63) is 0 Å². The van der Waals surface area contributed by atoms with E-state index in [1.54, 1.807) is 0 Å². The van der Waals surface area contributed by atoms with Gasteiger partial charge in [-0.3, -0.25) is 5.32 Å². The van der Waals surface area contributed by atoms with Crippen LogP contribution in [0.15, 0.2) is 0 Å². The highest BCUT2D eigenvalue weighted by Gasteiger charge is 2.48. The Hall–Kier alpha value is -0.160. The second kappa shape index (κ2) is 8.06. The van der Waals surface area contributed by atoms with Crippen molar-refractivity contribution in [3.8, 4) is 0 Å². The van der Waals surface area contributed by atoms with Gasteiger partial charge in [0.25, 0.3) is 0 Å². The third-order valence-electron chi connectivity index (χ3n) is 8.05. The van der Waals surface area contributed by atoms with Crippen LogP contribution in [0, 0.1) is 29.6 Å². The van der Waals surface area contributed by atoms with Crippen molar-refractivity contribution >= 4 is 0 Å². The first-order valence-corrected chi connectivity index (χ1v) is 11.4. The van der Waals surface area contributed by atoms with Crippen LogP contribution in [0.2, 0.25) is 0 Å². The lowest BCUT2D eigenvalue weighted by Gasteiger charge is -2.44. The summed E-state index contributed by atoms with van der Waals surface area (Å²) in [5.41, 5.74) is 0. The van der Waals surface area contributed by atoms with Crippen molar-refractivity contribution in [2.75, 3.05) is 6.54 Å². The van der Waals surface area contributed by atoms with Crippen LogP contribution in [0.5, 0.6) is 0 Å². The molecule has 2 aliphatic heterocycles. The summed E-state index contributed by atoms with van der Waals surface area (Å²) in [5.74, 6) is 2.90. The number of hydrogen-bond donors (Lipinski definition) is 3. The maximum atomic E-state index is 11.0. The van der Waals surface area contributed by atoms with Crippen LogP contribution in [0.1, 0.15) is 72.1 Å². The fourth-order valence-electron chi connectivity index (χ4n) is 6.63. The molecule has 3 N–H and O–H groups in total. The molecule has 4 heteroatoms. The van der Waals surface area contributed by atoms with E-state index in [1.807, 2.05) is 0 Å². The Morgan fingerprint density at radius 3 is 2.65 bits per heavy atom. The zero-order chi connectivity index (χ0) is 18.3. The average molecular weight is 365 g/mol. The monoisotopic (exact) mass is 364 g/mol. The van der Waals surface area contributed by atoms with Crippen molar-refractivity contribution in [1.29, 1.82) is 0 Å². The van der Waals surface area contributed by atoms with Crippen LogP contribution in [0.4, 0.5) is 0 Å². The van der Waals surface area contributed by atoms with Crippen molar-refractivity contribution in [2.45, 2.75) is 103 Å². The third-order valence-corrected chi connectivity index (χ3v) is 8.05. The average Bonchev–Trinajstić information content (AvgIpc) is 2.80. The summed E-state index contributed by atoms with van der Waals surface area (Å²) in [7, 11) is 0. The van der Waals surface area contributed by atoms with Gasteiger partial charge in [-0.1, -0.05) is 40.0 Å². The molecule has 2 saturated heterocycles. The van der Waals surface area contributed by atoms with Gasteiger partial charge in [-0.2, -0.15) is 0 Å². The zero-order valence-electron chi connectivity index (χ0n) is 17.0. The van der Waals surface area contributed by atoms with Crippen molar-refractivity contribution in [3.63, 3.8) is 0 Å². The molecule has 0 aromatic rings. The van der Waals surface area contributed by atoms with Gasteiger partial charge in [0.1, 0.15) is 6.23 Å². The van der Waals surface area contributed by atoms with Gasteiger partial charge in [0.15, 0.2) is 0 Å². The van der Waals surface area contributed by atoms with Crippen molar-refractivity contribution in [2.24, 2.45) is 29.6 Å². The quantitative estimate of drug-likeness (QED) is 0.704. The van der Waals surface area contributed by atoms with E-state index in [1.165, 1.54) is 25.7 Å². The fourth-order valence-corrected chi connectivity index (χ4v) is 6.63. The minimum atomic E-state index is -0.201. The molecule has 4 fully saturated rings. The van der Waals surface area contributed by atoms with Crippen molar-refractivity contribution in [1.82, 2.24) is 10.6 Å². The minimum absolute atomic E-state index is 0.117. The molecule has 4 rings (SSSR count). The molecular formula is C22H40N2O2. The van der Waals surface area contributed by atoms with E-state index < -0.39 is 0 Å². The van der Waals surface area contributed by atoms with E-state index in [9.17, 15) is 5.11 Å². The van der Waals surface area contributed by atoms with Gasteiger partial charge < -0.3 is 15.2 Å². The van der Waals surface area contributed by atoms with E-state index >= 15 is 0 Å². The second-order valence-electron chi connectivity index (χ2n) is 9.95. The third kappa shape index (κ3) is 3.72. The molecule has 4 nitrogen and oxygen atoms in total. The van der Waals surface area contributed by atoms with Crippen LogP contribution in [-0.4, -0.2) is 42.2 Å². The normalized spacial score (nSPS) is 52.6. The van der Waals surface area contributed by atoms with Gasteiger partial charge in [-0.05, 0) is 55.8 Å². The Balaban J connectivity index is 1.57. The van der Waals surface area contributed by atoms with Gasteiger partial charge in [0.05, 0.1) is 12.2 Å². The highest BCUT2D eigenvalue weighted by atomic mass is 16.5. The number of piperazine rings is 1. The summed E-state index contributed by atoms with van der Waals surface area (Å²) in [5, 5.41) is 18.7. The lowest BCUT2D eigenvalue weighted by Crippen LogP contribution is -2.64. The molecule has 10 atom stereocenters. The van der Waals surface area contributed by atoms with Gasteiger partial charge in [0.2, 0.25) is 0 Å². The molecule has 10 unspecified atom stereocenters. The van der Waals surface area contributed by atoms with Gasteiger partial charge >= 0.3 is 0 Å². The first kappa shape index (κ1) is 19.2. The standard InChI is InChI=1S/C22H40N2O2/c1-4-16-12-23-20-17-8-6-5-7-15(17)11-19(26-22(20)24-16)18-10-13(2)9-14(3)21(18)25/h13-25H,4-12H2,1-3H3. The molecule has 2 heterocycles. The van der Waals surface area contributed by atoms with Gasteiger partial charge in [-0.25, -0.2) is 0 Å². The molecule has 26 heavy (non-hydrogen) atoms. The van der Waals surface area contributed by atoms with E-state index in [-0.39, 0.29) is 18.4 Å². The Morgan fingerprint density at radius 1 is 1.04 bits per heavy atom. The van der Waals surface area contributed by atoms with Crippen LogP contribution >= 0.6 is 0 Å². The molecular weight excluding hydrogens is 324 g/mol. The lowest BCUT2D eigenvalue weighted by molar-refractivity contribution is -0.126. The summed E-state index contributed by atoms with van der Waals surface area (Å²) < 4.78 is 6.81. The van der Waals surface area contributed by atoms with Crippen molar-refractivity contribution < 1.29 is 9.84 Å². The molecule has 0 amide bonds. The number of nitrogens with one attached hydrogen (secondary N) is 2. The molecule has 0 bridgehead atoms. The Labute approximate surface area is 159 Å². The largest absolute Gasteiger partial charge is 0.392 e. The number of ether oxygens (including phenoxy) is 1. The second-order valence-corrected chi connectivity index (χ2v) is 9.95. The van der Waals surface area contributed by atoms with Crippen LogP contribution < -0.4 is 10.6 Å². The summed E-state index contributed by atoms with van der Waals surface area (Å²) in [6, 6.07) is 0.954. The molecule has 4 aliphatic rings. The summed E-state index contributed by atoms with van der Waals surface area (Å²) >= 11 is 0. The van der Waals surface area contributed by atoms with Gasteiger partial charge in [0, 0.05) is 24.5 Å². The minimum Gasteiger partial charge on any atom is -0.392 e. The number of hydrogen-bond acceptors (Lipinski definition) is 4. The number of aliphatic hydroxyl groups excluding tert-OH is 1. The summed E-state index contributed by atoms with van der Waals surface area (Å²) in [6.45, 7) is 7.90. The molecule has 150 valence electrons. The van der Waals surface area contributed by atoms with Gasteiger partial charge in [-0.15, -0.1) is 0 Å². The van der Waals surface area contributed by atoms with Crippen LogP contribution in [0.3, 0.4) is 0 Å². The van der Waals surface area contributed by atoms with E-state index in [4.69, 9.17) is 4.74 Å². The Morgan fingerprint density at radius 2 is 1.85 bits per heavy atom. The molecule has 0 aromatic heterocycles. The lowest BCUT2D eigenvalue weighted by atomic mass is 9.68. The Kier molecular flexibility index (Phi) is 5.95. The first-order chi connectivity index (χ1) is 12.6. The number of rotatable bonds is 2. The molecule has 0 aromatic carbocycles. The SMILES string of the molecule is CCC1CNC2C(N1)OC(C1CC(C)CC(C)C1O)CC1CCCCC12. The Bertz CT molecular complexity index is 473. The smallest absolute Gasteiger partial charge is 0.124 e. The maximum Gasteiger partial charge on any atom is 0.124 e. The highest BCUT2D eigenvalue weighted by molar-refractivity contribution is 4.99. The molecule has 2 saturated carbocycles. The topological polar surface area (TPSA) is 53.5 Å². The van der Waals surface area contributed by atoms with E-state index in [0.717, 1.165) is 44.1 Å². The fraction of sp³-hybridized carbons (Fsp3) is 1.00. The molecule has 0 spiro atoms. The summed E-state index contributed by atoms with van der Waals surface area (Å²) in [4.78, 5) is 0. The van der Waals surface area contributed by atoms with E-state index in [2.05, 4.69) is 31.4 Å². The zero-order valence-corrected chi connectivity index (χ0v) is 17.0. The molecule has 0 radical (unpaired) electrons. The maximum absolute atomic E-state index is 11.0. The first-order valence-electron chi connectivity index (χ1n) is 11.4. The highest BCUT2D eigenvalue weighted by Crippen LogP contribution is 2.45. The predicted molar refractivity (Wildman–Crippen MR) is 105 cm³/mol.